The molecular formula is C14H18N2O. The molecule has 1 heterocycles. The zero-order valence-corrected chi connectivity index (χ0v) is 10.1. The van der Waals surface area contributed by atoms with E-state index in [0.29, 0.717) is 18.0 Å². The van der Waals surface area contributed by atoms with Gasteiger partial charge in [0.05, 0.1) is 0 Å². The van der Waals surface area contributed by atoms with Crippen molar-refractivity contribution in [1.82, 2.24) is 4.98 Å². The number of anilines is 1. The number of hydrogen-bond acceptors (Lipinski definition) is 3. The average molecular weight is 230 g/mol. The second-order valence-electron chi connectivity index (χ2n) is 5.00. The minimum Gasteiger partial charge on any atom is -0.424 e. The van der Waals surface area contributed by atoms with E-state index in [9.17, 15) is 0 Å². The van der Waals surface area contributed by atoms with Gasteiger partial charge in [0.2, 0.25) is 0 Å². The van der Waals surface area contributed by atoms with Gasteiger partial charge in [0.1, 0.15) is 5.52 Å². The molecule has 1 aliphatic rings. The van der Waals surface area contributed by atoms with Crippen LogP contribution < -0.4 is 5.32 Å². The fourth-order valence-electron chi connectivity index (χ4n) is 2.62. The molecular weight excluding hydrogens is 212 g/mol. The SMILES string of the molecule is C[C@H]1CCCC[C@@H]1Nc1nc2ccccc2o1. The van der Waals surface area contributed by atoms with Gasteiger partial charge in [-0.15, -0.1) is 0 Å². The molecule has 0 saturated heterocycles. The number of nitrogens with one attached hydrogen (secondary N) is 1. The summed E-state index contributed by atoms with van der Waals surface area (Å²) in [5.41, 5.74) is 1.79. The van der Waals surface area contributed by atoms with E-state index < -0.39 is 0 Å². The van der Waals surface area contributed by atoms with Crippen LogP contribution in [0.4, 0.5) is 6.01 Å². The highest BCUT2D eigenvalue weighted by molar-refractivity contribution is 5.74. The van der Waals surface area contributed by atoms with Crippen LogP contribution in [0, 0.1) is 5.92 Å². The minimum absolute atomic E-state index is 0.511. The fourth-order valence-corrected chi connectivity index (χ4v) is 2.62. The molecule has 1 fully saturated rings. The minimum atomic E-state index is 0.511. The average Bonchev–Trinajstić information content (AvgIpc) is 2.74. The predicted molar refractivity (Wildman–Crippen MR) is 69.1 cm³/mol. The van der Waals surface area contributed by atoms with Gasteiger partial charge in [0, 0.05) is 6.04 Å². The highest BCUT2D eigenvalue weighted by Gasteiger charge is 2.22. The van der Waals surface area contributed by atoms with Crippen molar-refractivity contribution in [3.05, 3.63) is 24.3 Å². The third-order valence-electron chi connectivity index (χ3n) is 3.71. The van der Waals surface area contributed by atoms with E-state index in [4.69, 9.17) is 4.42 Å². The number of rotatable bonds is 2. The van der Waals surface area contributed by atoms with E-state index in [1.165, 1.54) is 25.7 Å². The Labute approximate surface area is 101 Å². The maximum atomic E-state index is 5.70. The van der Waals surface area contributed by atoms with Crippen LogP contribution in [-0.4, -0.2) is 11.0 Å². The summed E-state index contributed by atoms with van der Waals surface area (Å²) in [5, 5.41) is 3.44. The first-order valence-corrected chi connectivity index (χ1v) is 6.45. The molecule has 0 bridgehead atoms. The number of oxazole rings is 1. The maximum absolute atomic E-state index is 5.70. The molecule has 3 rings (SSSR count). The summed E-state index contributed by atoms with van der Waals surface area (Å²) < 4.78 is 5.70. The highest BCUT2D eigenvalue weighted by atomic mass is 16.4. The molecule has 2 atom stereocenters. The third kappa shape index (κ3) is 2.14. The van der Waals surface area contributed by atoms with Crippen molar-refractivity contribution in [2.45, 2.75) is 38.6 Å². The maximum Gasteiger partial charge on any atom is 0.295 e. The van der Waals surface area contributed by atoms with Gasteiger partial charge >= 0.3 is 0 Å². The number of benzene rings is 1. The van der Waals surface area contributed by atoms with Gasteiger partial charge in [-0.2, -0.15) is 4.98 Å². The number of fused-ring (bicyclic) bond motifs is 1. The van der Waals surface area contributed by atoms with Crippen molar-refractivity contribution >= 4 is 17.1 Å². The Morgan fingerprint density at radius 1 is 1.24 bits per heavy atom. The number of para-hydroxylation sites is 2. The molecule has 2 aromatic rings. The monoisotopic (exact) mass is 230 g/mol. The van der Waals surface area contributed by atoms with Crippen LogP contribution in [0.5, 0.6) is 0 Å². The summed E-state index contributed by atoms with van der Waals surface area (Å²) in [6.07, 6.45) is 5.19. The molecule has 1 aromatic heterocycles. The lowest BCUT2D eigenvalue weighted by atomic mass is 9.86. The molecule has 0 amide bonds. The number of nitrogens with zero attached hydrogens (tertiary/aromatic N) is 1. The van der Waals surface area contributed by atoms with E-state index >= 15 is 0 Å². The molecule has 1 aliphatic carbocycles. The van der Waals surface area contributed by atoms with Crippen LogP contribution in [0.25, 0.3) is 11.1 Å². The summed E-state index contributed by atoms with van der Waals surface area (Å²) in [7, 11) is 0. The standard InChI is InChI=1S/C14H18N2O/c1-10-6-2-3-7-11(10)15-14-16-12-8-4-5-9-13(12)17-14/h4-5,8-11H,2-3,6-7H2,1H3,(H,15,16)/t10-,11-/m0/s1. The molecule has 0 spiro atoms. The Kier molecular flexibility index (Phi) is 2.75. The normalized spacial score (nSPS) is 25.0. The van der Waals surface area contributed by atoms with E-state index in [1.54, 1.807) is 0 Å². The molecule has 17 heavy (non-hydrogen) atoms. The van der Waals surface area contributed by atoms with Crippen LogP contribution in [0.1, 0.15) is 32.6 Å². The number of hydrogen-bond donors (Lipinski definition) is 1. The van der Waals surface area contributed by atoms with E-state index in [2.05, 4.69) is 17.2 Å². The van der Waals surface area contributed by atoms with Gasteiger partial charge in [0.15, 0.2) is 5.58 Å². The summed E-state index contributed by atoms with van der Waals surface area (Å²) in [6.45, 7) is 2.31. The summed E-state index contributed by atoms with van der Waals surface area (Å²) in [4.78, 5) is 4.46. The van der Waals surface area contributed by atoms with E-state index in [1.807, 2.05) is 24.3 Å². The predicted octanol–water partition coefficient (Wildman–Crippen LogP) is 3.82. The molecule has 3 nitrogen and oxygen atoms in total. The summed E-state index contributed by atoms with van der Waals surface area (Å²) in [5.74, 6) is 0.707. The van der Waals surface area contributed by atoms with Crippen LogP contribution in [0.15, 0.2) is 28.7 Å². The topological polar surface area (TPSA) is 38.1 Å². The van der Waals surface area contributed by atoms with Gasteiger partial charge < -0.3 is 9.73 Å². The summed E-state index contributed by atoms with van der Waals surface area (Å²) >= 11 is 0. The second-order valence-corrected chi connectivity index (χ2v) is 5.00. The van der Waals surface area contributed by atoms with Crippen LogP contribution in [-0.2, 0) is 0 Å². The number of aromatic nitrogens is 1. The Morgan fingerprint density at radius 3 is 2.88 bits per heavy atom. The Hall–Kier alpha value is -1.51. The van der Waals surface area contributed by atoms with Crippen molar-refractivity contribution in [1.29, 1.82) is 0 Å². The van der Waals surface area contributed by atoms with Gasteiger partial charge in [-0.1, -0.05) is 31.9 Å². The highest BCUT2D eigenvalue weighted by Crippen LogP contribution is 2.27. The van der Waals surface area contributed by atoms with E-state index in [-0.39, 0.29) is 0 Å². The first-order chi connectivity index (χ1) is 8.33. The smallest absolute Gasteiger partial charge is 0.295 e. The zero-order chi connectivity index (χ0) is 11.7. The largest absolute Gasteiger partial charge is 0.424 e. The quantitative estimate of drug-likeness (QED) is 0.852. The van der Waals surface area contributed by atoms with Gasteiger partial charge in [-0.3, -0.25) is 0 Å². The van der Waals surface area contributed by atoms with Gasteiger partial charge in [0.25, 0.3) is 6.01 Å². The van der Waals surface area contributed by atoms with Crippen LogP contribution >= 0.6 is 0 Å². The molecule has 3 heteroatoms. The fraction of sp³-hybridized carbons (Fsp3) is 0.500. The molecule has 0 unspecified atom stereocenters. The van der Waals surface area contributed by atoms with Crippen LogP contribution in [0.2, 0.25) is 0 Å². The Balaban J connectivity index is 1.79. The first kappa shape index (κ1) is 10.6. The molecule has 1 saturated carbocycles. The third-order valence-corrected chi connectivity index (χ3v) is 3.71. The lowest BCUT2D eigenvalue weighted by molar-refractivity contribution is 0.344. The van der Waals surface area contributed by atoms with Crippen molar-refractivity contribution in [3.8, 4) is 0 Å². The van der Waals surface area contributed by atoms with Gasteiger partial charge in [-0.25, -0.2) is 0 Å². The zero-order valence-electron chi connectivity index (χ0n) is 10.1. The lowest BCUT2D eigenvalue weighted by Crippen LogP contribution is -2.30. The second kappa shape index (κ2) is 4.40. The Morgan fingerprint density at radius 2 is 2.06 bits per heavy atom. The van der Waals surface area contributed by atoms with Crippen molar-refractivity contribution in [2.75, 3.05) is 5.32 Å². The first-order valence-electron chi connectivity index (χ1n) is 6.45. The molecule has 0 radical (unpaired) electrons. The van der Waals surface area contributed by atoms with Crippen molar-refractivity contribution < 1.29 is 4.42 Å². The van der Waals surface area contributed by atoms with Crippen molar-refractivity contribution in [2.24, 2.45) is 5.92 Å². The summed E-state index contributed by atoms with van der Waals surface area (Å²) in [6, 6.07) is 9.08. The van der Waals surface area contributed by atoms with Crippen molar-refractivity contribution in [3.63, 3.8) is 0 Å². The van der Waals surface area contributed by atoms with E-state index in [0.717, 1.165) is 11.1 Å². The van der Waals surface area contributed by atoms with Gasteiger partial charge in [-0.05, 0) is 30.9 Å². The molecule has 1 aromatic carbocycles. The molecule has 90 valence electrons. The lowest BCUT2D eigenvalue weighted by Gasteiger charge is -2.28. The molecule has 1 N–H and O–H groups in total. The Bertz CT molecular complexity index is 473. The van der Waals surface area contributed by atoms with Crippen LogP contribution in [0.3, 0.4) is 0 Å². The molecule has 0 aliphatic heterocycles.